The first kappa shape index (κ1) is 36.4. The van der Waals surface area contributed by atoms with E-state index in [2.05, 4.69) is 10.1 Å². The highest BCUT2D eigenvalue weighted by atomic mass is 35.5. The molecular weight excluding hydrogens is 698 g/mol. The Hall–Kier alpha value is -4.38. The summed E-state index contributed by atoms with van der Waals surface area (Å²) in [6.45, 7) is 3.18. The van der Waals surface area contributed by atoms with Crippen LogP contribution in [-0.2, 0) is 22.5 Å². The lowest BCUT2D eigenvalue weighted by molar-refractivity contribution is -0.210. The zero-order chi connectivity index (χ0) is 36.8. The first-order valence-electron chi connectivity index (χ1n) is 16.2. The number of ether oxygens (including phenoxy) is 2. The van der Waals surface area contributed by atoms with Crippen molar-refractivity contribution in [2.45, 2.75) is 57.7 Å². The molecule has 5 heterocycles. The number of β-amino-alcohol motifs (C(OH)–C–C–N with tert-alkyl or cyclic N) is 1. The number of hydrogen-bond donors (Lipinski definition) is 2. The molecule has 0 bridgehead atoms. The Morgan fingerprint density at radius 1 is 1.22 bits per heavy atom. The van der Waals surface area contributed by atoms with Gasteiger partial charge in [-0.15, -0.1) is 0 Å². The van der Waals surface area contributed by atoms with E-state index in [4.69, 9.17) is 31.8 Å². The number of nitrogens with two attached hydrogens (primary N) is 1. The predicted octanol–water partition coefficient (Wildman–Crippen LogP) is 4.69. The van der Waals surface area contributed by atoms with E-state index in [0.717, 1.165) is 6.07 Å². The van der Waals surface area contributed by atoms with E-state index in [1.165, 1.54) is 23.1 Å². The number of likely N-dealkylation sites (tertiary alicyclic amines) is 1. The average molecular weight is 734 g/mol. The predicted molar refractivity (Wildman–Crippen MR) is 179 cm³/mol. The Labute approximate surface area is 295 Å². The molecule has 0 radical (unpaired) electrons. The van der Waals surface area contributed by atoms with Gasteiger partial charge in [-0.05, 0) is 42.5 Å². The molecule has 1 fully saturated rings. The summed E-state index contributed by atoms with van der Waals surface area (Å²) in [7, 11) is 1.46. The van der Waals surface area contributed by atoms with Crippen LogP contribution in [-0.4, -0.2) is 93.3 Å². The standard InChI is InChI=1S/C34H36ClF4N7O5/c1-17(2)8-22-31(32(40)49)30(18-4-5-24-26(9-18)51-16-29(48)45(24)13-23-21(36)10-19(35)11-41-23)20-12-42-46(33(20)43-22)25-6-7-44(14-27(25)50-3)15-28(47)34(37,38)39/h4-5,9-12,17,25,27-28,47H,6-8,13-16H2,1-3H3,(H2,40,49). The van der Waals surface area contributed by atoms with Crippen LogP contribution in [0.5, 0.6) is 5.75 Å². The first-order chi connectivity index (χ1) is 24.2. The lowest BCUT2D eigenvalue weighted by atomic mass is 9.92. The Kier molecular flexibility index (Phi) is 10.2. The fraction of sp³-hybridized carbons (Fsp3) is 0.441. The number of carbonyl (C=O) groups is 2. The number of aliphatic hydroxyl groups is 1. The van der Waals surface area contributed by atoms with Gasteiger partial charge in [0, 0.05) is 43.9 Å². The summed E-state index contributed by atoms with van der Waals surface area (Å²) in [5, 5.41) is 14.9. The number of carbonyl (C=O) groups excluding carboxylic acids is 2. The molecule has 2 amide bonds. The SMILES string of the molecule is COC1CN(CC(O)C(F)(F)F)CCC1n1ncc2c(-c3ccc4c(c3)OCC(=O)N4Cc3ncc(Cl)cc3F)c(C(N)=O)c(CC(C)C)nc21. The number of amides is 2. The number of nitrogens with zero attached hydrogens (tertiary/aromatic N) is 6. The number of fused-ring (bicyclic) bond motifs is 2. The van der Waals surface area contributed by atoms with Crippen molar-refractivity contribution in [3.05, 3.63) is 64.5 Å². The third kappa shape index (κ3) is 7.36. The molecule has 2 aliphatic rings. The number of pyridine rings is 2. The van der Waals surface area contributed by atoms with Crippen LogP contribution >= 0.6 is 11.6 Å². The van der Waals surface area contributed by atoms with Crippen molar-refractivity contribution >= 4 is 40.1 Å². The van der Waals surface area contributed by atoms with Crippen molar-refractivity contribution in [1.29, 1.82) is 0 Å². The van der Waals surface area contributed by atoms with Crippen LogP contribution in [0.1, 0.15) is 48.1 Å². The molecule has 3 atom stereocenters. The first-order valence-corrected chi connectivity index (χ1v) is 16.6. The minimum Gasteiger partial charge on any atom is -0.482 e. The number of halogens is 5. The van der Waals surface area contributed by atoms with Gasteiger partial charge in [0.2, 0.25) is 0 Å². The Balaban J connectivity index is 1.42. The summed E-state index contributed by atoms with van der Waals surface area (Å²) < 4.78 is 67.1. The highest BCUT2D eigenvalue weighted by molar-refractivity contribution is 6.30. The van der Waals surface area contributed by atoms with Crippen LogP contribution in [0.4, 0.5) is 23.2 Å². The second kappa shape index (κ2) is 14.3. The third-order valence-corrected chi connectivity index (χ3v) is 9.29. The molecule has 3 aromatic heterocycles. The summed E-state index contributed by atoms with van der Waals surface area (Å²) in [6.07, 6.45) is -4.26. The average Bonchev–Trinajstić information content (AvgIpc) is 3.48. The molecule has 1 saturated heterocycles. The molecule has 1 aromatic carbocycles. The van der Waals surface area contributed by atoms with Crippen molar-refractivity contribution in [2.24, 2.45) is 11.7 Å². The van der Waals surface area contributed by atoms with Gasteiger partial charge in [-0.2, -0.15) is 18.3 Å². The van der Waals surface area contributed by atoms with E-state index in [9.17, 15) is 32.3 Å². The molecule has 3 N–H and O–H groups in total. The zero-order valence-corrected chi connectivity index (χ0v) is 28.7. The minimum atomic E-state index is -4.75. The second-order valence-corrected chi connectivity index (χ2v) is 13.5. The summed E-state index contributed by atoms with van der Waals surface area (Å²) in [5.41, 5.74) is 8.39. The second-order valence-electron chi connectivity index (χ2n) is 13.1. The van der Waals surface area contributed by atoms with Crippen molar-refractivity contribution in [1.82, 2.24) is 24.6 Å². The molecule has 0 spiro atoms. The van der Waals surface area contributed by atoms with Crippen LogP contribution in [0.15, 0.2) is 36.7 Å². The van der Waals surface area contributed by atoms with E-state index >= 15 is 0 Å². The van der Waals surface area contributed by atoms with Gasteiger partial charge in [0.15, 0.2) is 18.4 Å². The van der Waals surface area contributed by atoms with Crippen molar-refractivity contribution in [3.63, 3.8) is 0 Å². The maximum absolute atomic E-state index is 14.7. The molecule has 272 valence electrons. The molecule has 2 aliphatic heterocycles. The van der Waals surface area contributed by atoms with Crippen molar-refractivity contribution < 1.29 is 41.7 Å². The largest absolute Gasteiger partial charge is 0.482 e. The fourth-order valence-corrected chi connectivity index (χ4v) is 6.83. The molecule has 51 heavy (non-hydrogen) atoms. The summed E-state index contributed by atoms with van der Waals surface area (Å²) in [4.78, 5) is 37.9. The number of hydrogen-bond acceptors (Lipinski definition) is 9. The molecule has 4 aromatic rings. The Morgan fingerprint density at radius 2 is 1.98 bits per heavy atom. The van der Waals surface area contributed by atoms with Gasteiger partial charge in [0.1, 0.15) is 11.6 Å². The number of benzene rings is 1. The van der Waals surface area contributed by atoms with Crippen molar-refractivity contribution in [2.75, 3.05) is 38.3 Å². The van der Waals surface area contributed by atoms with Gasteiger partial charge in [0.05, 0.1) is 52.5 Å². The molecule has 0 aliphatic carbocycles. The molecule has 12 nitrogen and oxygen atoms in total. The number of aromatic nitrogens is 4. The third-order valence-electron chi connectivity index (χ3n) is 9.08. The Bertz CT molecular complexity index is 1970. The maximum atomic E-state index is 14.7. The van der Waals surface area contributed by atoms with E-state index < -0.39 is 48.6 Å². The molecule has 6 rings (SSSR count). The number of rotatable bonds is 10. The van der Waals surface area contributed by atoms with Gasteiger partial charge in [-0.25, -0.2) is 14.1 Å². The summed E-state index contributed by atoms with van der Waals surface area (Å²) in [5.74, 6) is -1.43. The molecular formula is C34H36ClF4N7O5. The van der Waals surface area contributed by atoms with Crippen LogP contribution < -0.4 is 15.4 Å². The van der Waals surface area contributed by atoms with Gasteiger partial charge in [-0.1, -0.05) is 31.5 Å². The normalized spacial score (nSPS) is 19.0. The molecule has 17 heteroatoms. The summed E-state index contributed by atoms with van der Waals surface area (Å²) in [6, 6.07) is 5.67. The molecule has 3 unspecified atom stereocenters. The molecule has 0 saturated carbocycles. The number of primary amides is 1. The minimum absolute atomic E-state index is 0.0130. The van der Waals surface area contributed by atoms with E-state index in [-0.39, 0.29) is 48.4 Å². The van der Waals surface area contributed by atoms with E-state index in [0.29, 0.717) is 52.1 Å². The van der Waals surface area contributed by atoms with Gasteiger partial charge < -0.3 is 20.3 Å². The van der Waals surface area contributed by atoms with Crippen LogP contribution in [0, 0.1) is 11.7 Å². The fourth-order valence-electron chi connectivity index (χ4n) is 6.68. The Morgan fingerprint density at radius 3 is 2.65 bits per heavy atom. The number of alkyl halides is 3. The number of methoxy groups -OCH3 is 1. The van der Waals surface area contributed by atoms with Crippen LogP contribution in [0.3, 0.4) is 0 Å². The monoisotopic (exact) mass is 733 g/mol. The van der Waals surface area contributed by atoms with Crippen molar-refractivity contribution in [3.8, 4) is 16.9 Å². The number of anilines is 1. The maximum Gasteiger partial charge on any atom is 0.415 e. The van der Waals surface area contributed by atoms with Gasteiger partial charge in [0.25, 0.3) is 11.8 Å². The van der Waals surface area contributed by atoms with Crippen LogP contribution in [0.25, 0.3) is 22.2 Å². The van der Waals surface area contributed by atoms with E-state index in [1.807, 2.05) is 13.8 Å². The van der Waals surface area contributed by atoms with Gasteiger partial charge >= 0.3 is 6.18 Å². The lowest BCUT2D eigenvalue weighted by Gasteiger charge is -2.38. The van der Waals surface area contributed by atoms with Gasteiger partial charge in [-0.3, -0.25) is 24.4 Å². The quantitative estimate of drug-likeness (QED) is 0.222. The van der Waals surface area contributed by atoms with Crippen LogP contribution in [0.2, 0.25) is 5.02 Å². The number of aliphatic hydroxyl groups excluding tert-OH is 1. The van der Waals surface area contributed by atoms with E-state index in [1.54, 1.807) is 29.1 Å². The number of piperidine rings is 1. The topological polar surface area (TPSA) is 149 Å². The smallest absolute Gasteiger partial charge is 0.415 e. The zero-order valence-electron chi connectivity index (χ0n) is 28.0. The highest BCUT2D eigenvalue weighted by Gasteiger charge is 2.41. The highest BCUT2D eigenvalue weighted by Crippen LogP contribution is 2.42. The lowest BCUT2D eigenvalue weighted by Crippen LogP contribution is -2.50. The summed E-state index contributed by atoms with van der Waals surface area (Å²) >= 11 is 5.86.